The van der Waals surface area contributed by atoms with E-state index in [-0.39, 0.29) is 12.6 Å². The van der Waals surface area contributed by atoms with Crippen LogP contribution in [0.2, 0.25) is 0 Å². The molecule has 1 atom stereocenters. The molecule has 0 fully saturated rings. The molecule has 3 nitrogen and oxygen atoms in total. The third-order valence-electron chi connectivity index (χ3n) is 3.50. The largest absolute Gasteiger partial charge is 0.489 e. The maximum atomic E-state index is 9.23. The van der Waals surface area contributed by atoms with Crippen molar-refractivity contribution in [1.82, 2.24) is 5.32 Å². The molecule has 0 saturated carbocycles. The van der Waals surface area contributed by atoms with Gasteiger partial charge in [-0.1, -0.05) is 55.5 Å². The summed E-state index contributed by atoms with van der Waals surface area (Å²) in [5.41, 5.74) is 2.27. The third-order valence-corrected chi connectivity index (χ3v) is 3.50. The van der Waals surface area contributed by atoms with E-state index in [4.69, 9.17) is 4.74 Å². The Morgan fingerprint density at radius 2 is 1.76 bits per heavy atom. The Labute approximate surface area is 126 Å². The maximum Gasteiger partial charge on any atom is 0.124 e. The molecule has 112 valence electrons. The molecule has 3 heteroatoms. The zero-order valence-corrected chi connectivity index (χ0v) is 12.5. The molecule has 0 aliphatic rings. The minimum Gasteiger partial charge on any atom is -0.489 e. The highest BCUT2D eigenvalue weighted by Gasteiger charge is 2.07. The zero-order chi connectivity index (χ0) is 14.9. The minimum atomic E-state index is 0.132. The van der Waals surface area contributed by atoms with Crippen molar-refractivity contribution < 1.29 is 9.84 Å². The van der Waals surface area contributed by atoms with Crippen LogP contribution in [0.25, 0.3) is 0 Å². The van der Waals surface area contributed by atoms with Crippen molar-refractivity contribution in [2.75, 3.05) is 6.61 Å². The normalized spacial score (nSPS) is 12.1. The molecule has 0 bridgehead atoms. The van der Waals surface area contributed by atoms with Crippen molar-refractivity contribution in [2.45, 2.75) is 32.5 Å². The molecule has 0 aromatic heterocycles. The van der Waals surface area contributed by atoms with Gasteiger partial charge in [0.05, 0.1) is 6.61 Å². The van der Waals surface area contributed by atoms with E-state index in [0.717, 1.165) is 23.3 Å². The summed E-state index contributed by atoms with van der Waals surface area (Å²) in [5, 5.41) is 12.6. The van der Waals surface area contributed by atoms with E-state index in [9.17, 15) is 5.11 Å². The Morgan fingerprint density at radius 3 is 2.48 bits per heavy atom. The van der Waals surface area contributed by atoms with E-state index in [1.807, 2.05) is 36.4 Å². The summed E-state index contributed by atoms with van der Waals surface area (Å²) >= 11 is 0. The fraction of sp³-hybridized carbons (Fsp3) is 0.333. The number of rotatable bonds is 8. The standard InChI is InChI=1S/C18H23NO2/c1-2-17(13-20)19-12-16-10-6-7-11-18(16)21-14-15-8-4-3-5-9-15/h3-11,17,19-20H,2,12-14H2,1H3. The predicted octanol–water partition coefficient (Wildman–Crippen LogP) is 3.13. The number of benzene rings is 2. The molecule has 21 heavy (non-hydrogen) atoms. The highest BCUT2D eigenvalue weighted by molar-refractivity contribution is 5.33. The molecular formula is C18H23NO2. The fourth-order valence-electron chi connectivity index (χ4n) is 2.12. The van der Waals surface area contributed by atoms with Crippen LogP contribution in [-0.2, 0) is 13.2 Å². The van der Waals surface area contributed by atoms with Crippen LogP contribution in [-0.4, -0.2) is 17.8 Å². The first-order chi connectivity index (χ1) is 10.3. The van der Waals surface area contributed by atoms with E-state index in [0.29, 0.717) is 13.2 Å². The van der Waals surface area contributed by atoms with Gasteiger partial charge >= 0.3 is 0 Å². The summed E-state index contributed by atoms with van der Waals surface area (Å²) < 4.78 is 5.92. The first kappa shape index (κ1) is 15.5. The van der Waals surface area contributed by atoms with Gasteiger partial charge in [0.15, 0.2) is 0 Å². The molecule has 0 saturated heterocycles. The van der Waals surface area contributed by atoms with Gasteiger partial charge in [-0.05, 0) is 18.1 Å². The van der Waals surface area contributed by atoms with Crippen molar-refractivity contribution >= 4 is 0 Å². The van der Waals surface area contributed by atoms with E-state index >= 15 is 0 Å². The number of ether oxygens (including phenoxy) is 1. The van der Waals surface area contributed by atoms with Gasteiger partial charge in [0.1, 0.15) is 12.4 Å². The topological polar surface area (TPSA) is 41.5 Å². The predicted molar refractivity (Wildman–Crippen MR) is 85.2 cm³/mol. The van der Waals surface area contributed by atoms with Crippen molar-refractivity contribution in [3.63, 3.8) is 0 Å². The lowest BCUT2D eigenvalue weighted by molar-refractivity contribution is 0.237. The zero-order valence-electron chi connectivity index (χ0n) is 12.5. The monoisotopic (exact) mass is 285 g/mol. The number of aliphatic hydroxyl groups excluding tert-OH is 1. The smallest absolute Gasteiger partial charge is 0.124 e. The maximum absolute atomic E-state index is 9.23. The van der Waals surface area contributed by atoms with Crippen molar-refractivity contribution in [2.24, 2.45) is 0 Å². The number of aliphatic hydroxyl groups is 1. The van der Waals surface area contributed by atoms with Gasteiger partial charge in [0, 0.05) is 18.2 Å². The molecule has 0 aliphatic heterocycles. The van der Waals surface area contributed by atoms with E-state index in [1.54, 1.807) is 0 Å². The number of hydrogen-bond donors (Lipinski definition) is 2. The third kappa shape index (κ3) is 4.88. The summed E-state index contributed by atoms with van der Waals surface area (Å²) in [6, 6.07) is 18.3. The number of hydrogen-bond acceptors (Lipinski definition) is 3. The summed E-state index contributed by atoms with van der Waals surface area (Å²) in [6.45, 7) is 3.48. The molecule has 0 aliphatic carbocycles. The highest BCUT2D eigenvalue weighted by Crippen LogP contribution is 2.19. The van der Waals surface area contributed by atoms with E-state index < -0.39 is 0 Å². The van der Waals surface area contributed by atoms with Crippen LogP contribution in [0, 0.1) is 0 Å². The minimum absolute atomic E-state index is 0.132. The van der Waals surface area contributed by atoms with Crippen LogP contribution in [0.15, 0.2) is 54.6 Å². The number of nitrogens with one attached hydrogen (secondary N) is 1. The molecule has 1 unspecified atom stereocenters. The summed E-state index contributed by atoms with van der Waals surface area (Å²) in [5.74, 6) is 0.890. The number of para-hydroxylation sites is 1. The first-order valence-electron chi connectivity index (χ1n) is 7.42. The van der Waals surface area contributed by atoms with E-state index in [2.05, 4.69) is 30.4 Å². The molecule has 0 heterocycles. The Balaban J connectivity index is 1.96. The molecule has 2 aromatic carbocycles. The molecule has 2 aromatic rings. The lowest BCUT2D eigenvalue weighted by Crippen LogP contribution is -2.31. The Bertz CT molecular complexity index is 524. The SMILES string of the molecule is CCC(CO)NCc1ccccc1OCc1ccccc1. The fourth-order valence-corrected chi connectivity index (χ4v) is 2.12. The van der Waals surface area contributed by atoms with Gasteiger partial charge in [-0.3, -0.25) is 0 Å². The van der Waals surface area contributed by atoms with Crippen molar-refractivity contribution in [3.05, 3.63) is 65.7 Å². The van der Waals surface area contributed by atoms with Crippen molar-refractivity contribution in [3.8, 4) is 5.75 Å². The summed E-state index contributed by atoms with van der Waals surface area (Å²) in [7, 11) is 0. The second-order valence-electron chi connectivity index (χ2n) is 5.05. The highest BCUT2D eigenvalue weighted by atomic mass is 16.5. The van der Waals surface area contributed by atoms with Crippen LogP contribution < -0.4 is 10.1 Å². The van der Waals surface area contributed by atoms with Gasteiger partial charge in [-0.2, -0.15) is 0 Å². The van der Waals surface area contributed by atoms with Crippen LogP contribution >= 0.6 is 0 Å². The first-order valence-corrected chi connectivity index (χ1v) is 7.42. The average molecular weight is 285 g/mol. The Kier molecular flexibility index (Phi) is 6.25. The summed E-state index contributed by atoms with van der Waals surface area (Å²) in [6.07, 6.45) is 0.906. The van der Waals surface area contributed by atoms with E-state index in [1.165, 1.54) is 0 Å². The van der Waals surface area contributed by atoms with Gasteiger partial charge in [-0.15, -0.1) is 0 Å². The van der Waals surface area contributed by atoms with Crippen LogP contribution in [0.3, 0.4) is 0 Å². The van der Waals surface area contributed by atoms with Gasteiger partial charge in [0.25, 0.3) is 0 Å². The van der Waals surface area contributed by atoms with Crippen LogP contribution in [0.1, 0.15) is 24.5 Å². The lowest BCUT2D eigenvalue weighted by atomic mass is 10.1. The van der Waals surface area contributed by atoms with Crippen LogP contribution in [0.4, 0.5) is 0 Å². The molecule has 0 amide bonds. The van der Waals surface area contributed by atoms with Gasteiger partial charge in [-0.25, -0.2) is 0 Å². The Hall–Kier alpha value is -1.84. The quantitative estimate of drug-likeness (QED) is 0.783. The second kappa shape index (κ2) is 8.45. The molecule has 2 N–H and O–H groups in total. The van der Waals surface area contributed by atoms with Crippen molar-refractivity contribution in [1.29, 1.82) is 0 Å². The average Bonchev–Trinajstić information content (AvgIpc) is 2.56. The molecule has 0 radical (unpaired) electrons. The molecule has 0 spiro atoms. The Morgan fingerprint density at radius 1 is 1.05 bits per heavy atom. The second-order valence-corrected chi connectivity index (χ2v) is 5.05. The van der Waals surface area contributed by atoms with Gasteiger partial charge < -0.3 is 15.2 Å². The molecular weight excluding hydrogens is 262 g/mol. The summed E-state index contributed by atoms with van der Waals surface area (Å²) in [4.78, 5) is 0. The van der Waals surface area contributed by atoms with Crippen LogP contribution in [0.5, 0.6) is 5.75 Å². The molecule has 2 rings (SSSR count). The lowest BCUT2D eigenvalue weighted by Gasteiger charge is -2.16. The van der Waals surface area contributed by atoms with Gasteiger partial charge in [0.2, 0.25) is 0 Å².